The lowest BCUT2D eigenvalue weighted by Crippen LogP contribution is -2.32. The molecule has 1 atom stereocenters. The Morgan fingerprint density at radius 1 is 1.40 bits per heavy atom. The van der Waals surface area contributed by atoms with E-state index < -0.39 is 5.41 Å². The third-order valence-electron chi connectivity index (χ3n) is 3.46. The summed E-state index contributed by atoms with van der Waals surface area (Å²) in [5.41, 5.74) is 1.62. The van der Waals surface area contributed by atoms with Crippen LogP contribution in [0.4, 0.5) is 0 Å². The molecule has 0 heterocycles. The maximum Gasteiger partial charge on any atom is 0.314 e. The van der Waals surface area contributed by atoms with Crippen LogP contribution in [0.5, 0.6) is 5.75 Å². The van der Waals surface area contributed by atoms with E-state index in [9.17, 15) is 4.79 Å². The number of hydrogen-bond donors (Lipinski definition) is 1. The van der Waals surface area contributed by atoms with Crippen LogP contribution in [0.25, 0.3) is 0 Å². The quantitative estimate of drug-likeness (QED) is 0.813. The molecule has 1 aromatic carbocycles. The number of benzene rings is 1. The Balaban J connectivity index is 2.77. The van der Waals surface area contributed by atoms with Gasteiger partial charge in [0.1, 0.15) is 12.4 Å². The molecule has 0 aliphatic carbocycles. The van der Waals surface area contributed by atoms with Gasteiger partial charge in [0.05, 0.1) is 12.5 Å². The van der Waals surface area contributed by atoms with Crippen molar-refractivity contribution in [1.82, 2.24) is 5.32 Å². The number of methoxy groups -OCH3 is 1. The van der Waals surface area contributed by atoms with Gasteiger partial charge in [-0.25, -0.2) is 0 Å². The van der Waals surface area contributed by atoms with Crippen LogP contribution in [-0.2, 0) is 9.53 Å². The van der Waals surface area contributed by atoms with Crippen molar-refractivity contribution >= 4 is 5.97 Å². The van der Waals surface area contributed by atoms with E-state index in [1.807, 2.05) is 40.0 Å². The topological polar surface area (TPSA) is 47.6 Å². The molecule has 0 saturated carbocycles. The minimum absolute atomic E-state index is 0.268. The number of aryl methyl sites for hydroxylation is 1. The number of carbonyl (C=O) groups is 1. The van der Waals surface area contributed by atoms with Gasteiger partial charge in [-0.2, -0.15) is 0 Å². The highest BCUT2D eigenvalue weighted by molar-refractivity contribution is 5.75. The summed E-state index contributed by atoms with van der Waals surface area (Å²) in [6.45, 7) is 8.03. The zero-order valence-corrected chi connectivity index (χ0v) is 13.2. The maximum absolute atomic E-state index is 11.6. The summed E-state index contributed by atoms with van der Waals surface area (Å²) < 4.78 is 10.5. The van der Waals surface area contributed by atoms with E-state index >= 15 is 0 Å². The van der Waals surface area contributed by atoms with Crippen LogP contribution in [0.1, 0.15) is 37.9 Å². The number of nitrogens with one attached hydrogen (secondary N) is 1. The molecular formula is C16H25NO3. The van der Waals surface area contributed by atoms with E-state index in [0.717, 1.165) is 11.3 Å². The lowest BCUT2D eigenvalue weighted by molar-refractivity contribution is -0.152. The Bertz CT molecular complexity index is 469. The molecule has 0 spiro atoms. The van der Waals surface area contributed by atoms with Crippen molar-refractivity contribution in [2.24, 2.45) is 5.41 Å². The molecule has 4 nitrogen and oxygen atoms in total. The van der Waals surface area contributed by atoms with Gasteiger partial charge in [-0.1, -0.05) is 12.1 Å². The maximum atomic E-state index is 11.6. The van der Waals surface area contributed by atoms with Gasteiger partial charge in [-0.3, -0.25) is 4.79 Å². The highest BCUT2D eigenvalue weighted by Gasteiger charge is 2.29. The van der Waals surface area contributed by atoms with Crippen molar-refractivity contribution in [2.45, 2.75) is 33.7 Å². The lowest BCUT2D eigenvalue weighted by atomic mass is 9.95. The third kappa shape index (κ3) is 3.97. The molecule has 0 aliphatic rings. The smallest absolute Gasteiger partial charge is 0.314 e. The van der Waals surface area contributed by atoms with Crippen molar-refractivity contribution in [3.63, 3.8) is 0 Å². The summed E-state index contributed by atoms with van der Waals surface area (Å²) in [6, 6.07) is 6.39. The predicted molar refractivity (Wildman–Crippen MR) is 79.9 cm³/mol. The first-order valence-electron chi connectivity index (χ1n) is 6.81. The molecule has 0 aromatic heterocycles. The summed E-state index contributed by atoms with van der Waals surface area (Å²) in [5, 5.41) is 3.20. The van der Waals surface area contributed by atoms with E-state index in [0.29, 0.717) is 12.6 Å². The first kappa shape index (κ1) is 16.5. The standard InChI is InChI=1S/C16H25NO3/c1-11-9-13(12(2)17-5)7-8-14(11)20-10-16(3,4)15(18)19-6/h7-9,12,17H,10H2,1-6H3. The average molecular weight is 279 g/mol. The second-order valence-corrected chi connectivity index (χ2v) is 5.70. The Kier molecular flexibility index (Phi) is 5.57. The average Bonchev–Trinajstić information content (AvgIpc) is 2.43. The summed E-state index contributed by atoms with van der Waals surface area (Å²) in [5.74, 6) is 0.532. The van der Waals surface area contributed by atoms with Crippen molar-refractivity contribution in [3.8, 4) is 5.75 Å². The molecule has 0 fully saturated rings. The molecule has 0 aliphatic heterocycles. The molecule has 1 rings (SSSR count). The third-order valence-corrected chi connectivity index (χ3v) is 3.46. The molecular weight excluding hydrogens is 254 g/mol. The summed E-state index contributed by atoms with van der Waals surface area (Å²) in [6.07, 6.45) is 0. The van der Waals surface area contributed by atoms with E-state index in [-0.39, 0.29) is 5.97 Å². The molecule has 0 bridgehead atoms. The van der Waals surface area contributed by atoms with E-state index in [4.69, 9.17) is 9.47 Å². The predicted octanol–water partition coefficient (Wildman–Crippen LogP) is 2.85. The van der Waals surface area contributed by atoms with Crippen LogP contribution in [0.2, 0.25) is 0 Å². The summed E-state index contributed by atoms with van der Waals surface area (Å²) in [7, 11) is 3.33. The number of carbonyl (C=O) groups excluding carboxylic acids is 1. The molecule has 0 radical (unpaired) electrons. The van der Waals surface area contributed by atoms with Crippen molar-refractivity contribution in [2.75, 3.05) is 20.8 Å². The number of esters is 1. The summed E-state index contributed by atoms with van der Waals surface area (Å²) >= 11 is 0. The fraction of sp³-hybridized carbons (Fsp3) is 0.562. The molecule has 1 N–H and O–H groups in total. The zero-order valence-electron chi connectivity index (χ0n) is 13.2. The van der Waals surface area contributed by atoms with Gasteiger partial charge in [0.2, 0.25) is 0 Å². The van der Waals surface area contributed by atoms with Crippen LogP contribution < -0.4 is 10.1 Å². The monoisotopic (exact) mass is 279 g/mol. The first-order chi connectivity index (χ1) is 9.31. The van der Waals surface area contributed by atoms with E-state index in [1.54, 1.807) is 0 Å². The van der Waals surface area contributed by atoms with Gasteiger partial charge in [0.25, 0.3) is 0 Å². The minimum atomic E-state index is -0.655. The van der Waals surface area contributed by atoms with Gasteiger partial charge < -0.3 is 14.8 Å². The van der Waals surface area contributed by atoms with E-state index in [1.165, 1.54) is 12.7 Å². The Labute approximate surface area is 121 Å². The van der Waals surface area contributed by atoms with Crippen molar-refractivity contribution in [3.05, 3.63) is 29.3 Å². The molecule has 0 saturated heterocycles. The van der Waals surface area contributed by atoms with Gasteiger partial charge in [0.15, 0.2) is 0 Å². The normalized spacial score (nSPS) is 12.9. The van der Waals surface area contributed by atoms with Crippen molar-refractivity contribution < 1.29 is 14.3 Å². The Hall–Kier alpha value is -1.55. The number of ether oxygens (including phenoxy) is 2. The van der Waals surface area contributed by atoms with Crippen LogP contribution in [-0.4, -0.2) is 26.7 Å². The van der Waals surface area contributed by atoms with Gasteiger partial charge in [0, 0.05) is 6.04 Å². The second-order valence-electron chi connectivity index (χ2n) is 5.70. The largest absolute Gasteiger partial charge is 0.492 e. The second kappa shape index (κ2) is 6.75. The SMILES string of the molecule is CNC(C)c1ccc(OCC(C)(C)C(=O)OC)c(C)c1. The molecule has 20 heavy (non-hydrogen) atoms. The van der Waals surface area contributed by atoms with Gasteiger partial charge >= 0.3 is 5.97 Å². The molecule has 1 unspecified atom stereocenters. The molecule has 4 heteroatoms. The fourth-order valence-corrected chi connectivity index (χ4v) is 1.86. The van der Waals surface area contributed by atoms with E-state index in [2.05, 4.69) is 18.3 Å². The Morgan fingerprint density at radius 3 is 2.55 bits per heavy atom. The zero-order chi connectivity index (χ0) is 15.3. The summed E-state index contributed by atoms with van der Waals surface area (Å²) in [4.78, 5) is 11.6. The highest BCUT2D eigenvalue weighted by atomic mass is 16.5. The van der Waals surface area contributed by atoms with Crippen LogP contribution in [0, 0.1) is 12.3 Å². The number of hydrogen-bond acceptors (Lipinski definition) is 4. The van der Waals surface area contributed by atoms with Gasteiger partial charge in [-0.15, -0.1) is 0 Å². The molecule has 112 valence electrons. The Morgan fingerprint density at radius 2 is 2.05 bits per heavy atom. The molecule has 0 amide bonds. The van der Waals surface area contributed by atoms with Crippen LogP contribution >= 0.6 is 0 Å². The van der Waals surface area contributed by atoms with Crippen molar-refractivity contribution in [1.29, 1.82) is 0 Å². The molecule has 1 aromatic rings. The van der Waals surface area contributed by atoms with Crippen LogP contribution in [0.15, 0.2) is 18.2 Å². The van der Waals surface area contributed by atoms with Gasteiger partial charge in [-0.05, 0) is 51.9 Å². The van der Waals surface area contributed by atoms with Crippen LogP contribution in [0.3, 0.4) is 0 Å². The fourth-order valence-electron chi connectivity index (χ4n) is 1.86. The highest BCUT2D eigenvalue weighted by Crippen LogP contribution is 2.25. The minimum Gasteiger partial charge on any atom is -0.492 e. The first-order valence-corrected chi connectivity index (χ1v) is 6.81. The lowest BCUT2D eigenvalue weighted by Gasteiger charge is -2.22. The number of rotatable bonds is 6.